The fraction of sp³-hybridized carbons (Fsp3) is 0.588. The predicted molar refractivity (Wildman–Crippen MR) is 86.0 cm³/mol. The van der Waals surface area contributed by atoms with Gasteiger partial charge >= 0.3 is 0 Å². The second kappa shape index (κ2) is 6.89. The van der Waals surface area contributed by atoms with Gasteiger partial charge in [-0.15, -0.1) is 0 Å². The molecule has 1 aromatic heterocycles. The topological polar surface area (TPSA) is 29.9 Å². The van der Waals surface area contributed by atoms with Crippen LogP contribution in [0.4, 0.5) is 0 Å². The van der Waals surface area contributed by atoms with Crippen molar-refractivity contribution < 1.29 is 0 Å². The van der Waals surface area contributed by atoms with Gasteiger partial charge in [0.1, 0.15) is 0 Å². The highest BCUT2D eigenvalue weighted by Crippen LogP contribution is 2.23. The van der Waals surface area contributed by atoms with Crippen molar-refractivity contribution in [3.8, 4) is 0 Å². The minimum Gasteiger partial charge on any atom is -0.314 e. The van der Waals surface area contributed by atoms with E-state index in [1.165, 1.54) is 29.4 Å². The van der Waals surface area contributed by atoms with Gasteiger partial charge in [-0.25, -0.2) is 0 Å². The Morgan fingerprint density at radius 3 is 2.70 bits per heavy atom. The minimum absolute atomic E-state index is 0.542. The molecule has 0 aliphatic rings. The van der Waals surface area contributed by atoms with Crippen molar-refractivity contribution in [2.75, 3.05) is 6.54 Å². The standard InChI is InChI=1S/C17H27N3/c1-5-11-18-13(3)14(6-2)12-16-15-9-7-8-10-17(15)20(4)19-16/h7-10,13-14,18H,5-6,11-12H2,1-4H3. The minimum atomic E-state index is 0.542. The molecule has 2 aromatic rings. The summed E-state index contributed by atoms with van der Waals surface area (Å²) in [6.45, 7) is 7.89. The second-order valence-corrected chi connectivity index (χ2v) is 5.70. The van der Waals surface area contributed by atoms with Crippen molar-refractivity contribution >= 4 is 10.9 Å². The summed E-state index contributed by atoms with van der Waals surface area (Å²) in [5, 5.41) is 9.65. The Bertz CT molecular complexity index is 544. The quantitative estimate of drug-likeness (QED) is 0.836. The average Bonchev–Trinajstić information content (AvgIpc) is 2.79. The smallest absolute Gasteiger partial charge is 0.0706 e. The number of aromatic nitrogens is 2. The van der Waals surface area contributed by atoms with Gasteiger partial charge in [0.25, 0.3) is 0 Å². The largest absolute Gasteiger partial charge is 0.314 e. The maximum Gasteiger partial charge on any atom is 0.0706 e. The summed E-state index contributed by atoms with van der Waals surface area (Å²) in [6.07, 6.45) is 3.42. The molecule has 2 atom stereocenters. The molecule has 110 valence electrons. The molecule has 0 aliphatic carbocycles. The maximum atomic E-state index is 4.73. The van der Waals surface area contributed by atoms with Crippen LogP contribution in [0.5, 0.6) is 0 Å². The normalized spacial score (nSPS) is 14.6. The van der Waals surface area contributed by atoms with Crippen molar-refractivity contribution in [3.63, 3.8) is 0 Å². The first kappa shape index (κ1) is 15.0. The van der Waals surface area contributed by atoms with Gasteiger partial charge in [0, 0.05) is 18.5 Å². The third-order valence-electron chi connectivity index (χ3n) is 4.24. The van der Waals surface area contributed by atoms with E-state index in [0.717, 1.165) is 13.0 Å². The zero-order valence-electron chi connectivity index (χ0n) is 13.2. The number of hydrogen-bond acceptors (Lipinski definition) is 2. The molecule has 2 rings (SSSR count). The van der Waals surface area contributed by atoms with Crippen molar-refractivity contribution in [2.45, 2.75) is 46.1 Å². The summed E-state index contributed by atoms with van der Waals surface area (Å²) in [5.41, 5.74) is 2.46. The molecule has 0 saturated heterocycles. The van der Waals surface area contributed by atoms with E-state index >= 15 is 0 Å². The molecule has 2 unspecified atom stereocenters. The number of fused-ring (bicyclic) bond motifs is 1. The Labute approximate surface area is 122 Å². The second-order valence-electron chi connectivity index (χ2n) is 5.70. The van der Waals surface area contributed by atoms with E-state index in [0.29, 0.717) is 12.0 Å². The van der Waals surface area contributed by atoms with Crippen LogP contribution in [0.1, 0.15) is 39.3 Å². The van der Waals surface area contributed by atoms with Gasteiger partial charge in [0.2, 0.25) is 0 Å². The number of rotatable bonds is 7. The van der Waals surface area contributed by atoms with Gasteiger partial charge in [-0.3, -0.25) is 4.68 Å². The van der Waals surface area contributed by atoms with E-state index in [-0.39, 0.29) is 0 Å². The Balaban J connectivity index is 2.17. The first-order valence-corrected chi connectivity index (χ1v) is 7.81. The Kier molecular flexibility index (Phi) is 5.18. The SMILES string of the molecule is CCCNC(C)C(CC)Cc1nn(C)c2ccccc12. The number of hydrogen-bond donors (Lipinski definition) is 1. The zero-order chi connectivity index (χ0) is 14.5. The first-order chi connectivity index (χ1) is 9.67. The van der Waals surface area contributed by atoms with Crippen LogP contribution in [0.25, 0.3) is 10.9 Å². The lowest BCUT2D eigenvalue weighted by Crippen LogP contribution is -2.35. The van der Waals surface area contributed by atoms with E-state index in [4.69, 9.17) is 5.10 Å². The monoisotopic (exact) mass is 273 g/mol. The number of para-hydroxylation sites is 1. The third-order valence-corrected chi connectivity index (χ3v) is 4.24. The van der Waals surface area contributed by atoms with E-state index in [1.54, 1.807) is 0 Å². The van der Waals surface area contributed by atoms with Gasteiger partial charge in [0.05, 0.1) is 11.2 Å². The van der Waals surface area contributed by atoms with Crippen LogP contribution >= 0.6 is 0 Å². The molecule has 0 spiro atoms. The van der Waals surface area contributed by atoms with Crippen LogP contribution in [0.3, 0.4) is 0 Å². The molecule has 0 bridgehead atoms. The van der Waals surface area contributed by atoms with Crippen molar-refractivity contribution in [1.82, 2.24) is 15.1 Å². The van der Waals surface area contributed by atoms with Crippen molar-refractivity contribution in [3.05, 3.63) is 30.0 Å². The van der Waals surface area contributed by atoms with Gasteiger partial charge in [-0.1, -0.05) is 38.5 Å². The molecule has 0 saturated carbocycles. The molecule has 1 heterocycles. The Hall–Kier alpha value is -1.35. The van der Waals surface area contributed by atoms with Gasteiger partial charge in [-0.05, 0) is 38.3 Å². The highest BCUT2D eigenvalue weighted by molar-refractivity contribution is 5.81. The highest BCUT2D eigenvalue weighted by Gasteiger charge is 2.18. The van der Waals surface area contributed by atoms with E-state index in [2.05, 4.69) is 50.4 Å². The summed E-state index contributed by atoms with van der Waals surface area (Å²) >= 11 is 0. The third kappa shape index (κ3) is 3.21. The van der Waals surface area contributed by atoms with E-state index in [1.807, 2.05) is 11.7 Å². The molecular formula is C17H27N3. The van der Waals surface area contributed by atoms with Crippen molar-refractivity contribution in [2.24, 2.45) is 13.0 Å². The van der Waals surface area contributed by atoms with Gasteiger partial charge in [-0.2, -0.15) is 5.10 Å². The van der Waals surface area contributed by atoms with Crippen LogP contribution < -0.4 is 5.32 Å². The molecular weight excluding hydrogens is 246 g/mol. The Morgan fingerprint density at radius 2 is 2.00 bits per heavy atom. The average molecular weight is 273 g/mol. The lowest BCUT2D eigenvalue weighted by Gasteiger charge is -2.23. The number of benzene rings is 1. The molecule has 3 heteroatoms. The molecule has 0 radical (unpaired) electrons. The van der Waals surface area contributed by atoms with Crippen LogP contribution in [0.2, 0.25) is 0 Å². The summed E-state index contributed by atoms with van der Waals surface area (Å²) in [4.78, 5) is 0. The fourth-order valence-electron chi connectivity index (χ4n) is 2.90. The van der Waals surface area contributed by atoms with E-state index in [9.17, 15) is 0 Å². The maximum absolute atomic E-state index is 4.73. The molecule has 1 aromatic carbocycles. The summed E-state index contributed by atoms with van der Waals surface area (Å²) < 4.78 is 2.00. The predicted octanol–water partition coefficient (Wildman–Crippen LogP) is 3.53. The number of nitrogens with one attached hydrogen (secondary N) is 1. The molecule has 0 aliphatic heterocycles. The molecule has 0 amide bonds. The number of aryl methyl sites for hydroxylation is 1. The zero-order valence-corrected chi connectivity index (χ0v) is 13.2. The van der Waals surface area contributed by atoms with Crippen LogP contribution in [0, 0.1) is 5.92 Å². The molecule has 20 heavy (non-hydrogen) atoms. The highest BCUT2D eigenvalue weighted by atomic mass is 15.3. The summed E-state index contributed by atoms with van der Waals surface area (Å²) in [6, 6.07) is 9.06. The molecule has 0 fully saturated rings. The summed E-state index contributed by atoms with van der Waals surface area (Å²) in [7, 11) is 2.03. The summed E-state index contributed by atoms with van der Waals surface area (Å²) in [5.74, 6) is 0.639. The van der Waals surface area contributed by atoms with Crippen molar-refractivity contribution in [1.29, 1.82) is 0 Å². The lowest BCUT2D eigenvalue weighted by atomic mass is 9.92. The van der Waals surface area contributed by atoms with Crippen LogP contribution in [-0.4, -0.2) is 22.4 Å². The van der Waals surface area contributed by atoms with Crippen LogP contribution in [-0.2, 0) is 13.5 Å². The lowest BCUT2D eigenvalue weighted by molar-refractivity contribution is 0.360. The molecule has 1 N–H and O–H groups in total. The van der Waals surface area contributed by atoms with Gasteiger partial charge < -0.3 is 5.32 Å². The first-order valence-electron chi connectivity index (χ1n) is 7.81. The number of nitrogens with zero attached hydrogens (tertiary/aromatic N) is 2. The van der Waals surface area contributed by atoms with Gasteiger partial charge in [0.15, 0.2) is 0 Å². The van der Waals surface area contributed by atoms with Crippen LogP contribution in [0.15, 0.2) is 24.3 Å². The molecule has 3 nitrogen and oxygen atoms in total. The van der Waals surface area contributed by atoms with E-state index < -0.39 is 0 Å². The fourth-order valence-corrected chi connectivity index (χ4v) is 2.90. The Morgan fingerprint density at radius 1 is 1.25 bits per heavy atom.